The number of hydrogen-bond acceptors (Lipinski definition) is 5. The van der Waals surface area contributed by atoms with Crippen molar-refractivity contribution in [2.45, 2.75) is 6.42 Å². The molecule has 2 heterocycles. The third kappa shape index (κ3) is 3.36. The fourth-order valence-corrected chi connectivity index (χ4v) is 3.91. The molecule has 0 spiro atoms. The van der Waals surface area contributed by atoms with Crippen molar-refractivity contribution in [3.63, 3.8) is 0 Å². The summed E-state index contributed by atoms with van der Waals surface area (Å²) in [5.74, 6) is 0. The second-order valence-electron chi connectivity index (χ2n) is 5.69. The van der Waals surface area contributed by atoms with E-state index in [0.29, 0.717) is 15.9 Å². The summed E-state index contributed by atoms with van der Waals surface area (Å²) < 4.78 is 2.63. The second-order valence-corrected chi connectivity index (χ2v) is 7.62. The Morgan fingerprint density at radius 3 is 2.65 bits per heavy atom. The SMILES string of the molecule is O=c1nc2sc(=Cc3cccc(Br)c3)c(=O)n2nc1Cc1ccccc1. The van der Waals surface area contributed by atoms with Crippen molar-refractivity contribution in [2.75, 3.05) is 0 Å². The minimum Gasteiger partial charge on any atom is -0.266 e. The molecule has 0 amide bonds. The number of fused-ring (bicyclic) bond motifs is 1. The number of benzene rings is 2. The summed E-state index contributed by atoms with van der Waals surface area (Å²) in [6, 6.07) is 17.1. The molecule has 7 heteroatoms. The van der Waals surface area contributed by atoms with Gasteiger partial charge in [0.05, 0.1) is 4.53 Å². The molecule has 0 saturated heterocycles. The van der Waals surface area contributed by atoms with Crippen LogP contribution in [0.15, 0.2) is 68.7 Å². The number of thiazole rings is 1. The van der Waals surface area contributed by atoms with E-state index in [-0.39, 0.29) is 11.3 Å². The number of nitrogens with zero attached hydrogens (tertiary/aromatic N) is 3. The molecule has 0 aliphatic carbocycles. The fraction of sp³-hybridized carbons (Fsp3) is 0.0526. The van der Waals surface area contributed by atoms with Crippen molar-refractivity contribution in [1.82, 2.24) is 14.6 Å². The van der Waals surface area contributed by atoms with E-state index in [1.165, 1.54) is 4.52 Å². The van der Waals surface area contributed by atoms with Crippen molar-refractivity contribution in [1.29, 1.82) is 0 Å². The average molecular weight is 426 g/mol. The van der Waals surface area contributed by atoms with Gasteiger partial charge in [-0.1, -0.05) is 69.7 Å². The van der Waals surface area contributed by atoms with Gasteiger partial charge in [0.1, 0.15) is 5.69 Å². The van der Waals surface area contributed by atoms with Crippen LogP contribution in [0.5, 0.6) is 0 Å². The summed E-state index contributed by atoms with van der Waals surface area (Å²) in [7, 11) is 0. The van der Waals surface area contributed by atoms with E-state index in [1.807, 2.05) is 54.6 Å². The Kier molecular flexibility index (Phi) is 4.48. The van der Waals surface area contributed by atoms with Crippen molar-refractivity contribution in [2.24, 2.45) is 0 Å². The molecule has 2 aromatic heterocycles. The molecular weight excluding hydrogens is 414 g/mol. The Balaban J connectivity index is 1.83. The first kappa shape index (κ1) is 16.8. The lowest BCUT2D eigenvalue weighted by molar-refractivity contribution is 0.811. The van der Waals surface area contributed by atoms with Gasteiger partial charge < -0.3 is 0 Å². The highest BCUT2D eigenvalue weighted by molar-refractivity contribution is 9.10. The lowest BCUT2D eigenvalue weighted by Gasteiger charge is -1.99. The monoisotopic (exact) mass is 425 g/mol. The summed E-state index contributed by atoms with van der Waals surface area (Å²) in [6.45, 7) is 0. The molecule has 0 aliphatic rings. The van der Waals surface area contributed by atoms with Gasteiger partial charge in [0.2, 0.25) is 4.96 Å². The van der Waals surface area contributed by atoms with Gasteiger partial charge in [0.25, 0.3) is 11.1 Å². The number of halogens is 1. The molecule has 2 aromatic carbocycles. The molecule has 26 heavy (non-hydrogen) atoms. The maximum absolute atomic E-state index is 12.7. The van der Waals surface area contributed by atoms with Crippen LogP contribution in [0.4, 0.5) is 0 Å². The molecular formula is C19H12BrN3O2S. The molecule has 0 radical (unpaired) electrons. The Bertz CT molecular complexity index is 1270. The van der Waals surface area contributed by atoms with Crippen LogP contribution in [0.3, 0.4) is 0 Å². The van der Waals surface area contributed by atoms with Crippen molar-refractivity contribution in [3.05, 3.63) is 101 Å². The summed E-state index contributed by atoms with van der Waals surface area (Å²) in [5, 5.41) is 4.26. The summed E-state index contributed by atoms with van der Waals surface area (Å²) in [5.41, 5.74) is 1.42. The summed E-state index contributed by atoms with van der Waals surface area (Å²) in [6.07, 6.45) is 2.12. The highest BCUT2D eigenvalue weighted by Crippen LogP contribution is 2.12. The first-order chi connectivity index (χ1) is 12.6. The Morgan fingerprint density at radius 2 is 1.88 bits per heavy atom. The maximum atomic E-state index is 12.7. The minimum atomic E-state index is -0.399. The molecule has 4 aromatic rings. The highest BCUT2D eigenvalue weighted by Gasteiger charge is 2.11. The molecule has 0 fully saturated rings. The molecule has 0 N–H and O–H groups in total. The van der Waals surface area contributed by atoms with E-state index in [0.717, 1.165) is 26.9 Å². The standard InChI is InChI=1S/C19H12BrN3O2S/c20-14-8-4-7-13(9-14)11-16-18(25)23-19(26-16)21-17(24)15(22-23)10-12-5-2-1-3-6-12/h1-9,11H,10H2. The Morgan fingerprint density at radius 1 is 1.08 bits per heavy atom. The van der Waals surface area contributed by atoms with Crippen LogP contribution in [0.2, 0.25) is 0 Å². The van der Waals surface area contributed by atoms with Crippen LogP contribution >= 0.6 is 27.3 Å². The summed E-state index contributed by atoms with van der Waals surface area (Å²) >= 11 is 4.57. The quantitative estimate of drug-likeness (QED) is 0.505. The summed E-state index contributed by atoms with van der Waals surface area (Å²) in [4.78, 5) is 29.3. The maximum Gasteiger partial charge on any atom is 0.296 e. The average Bonchev–Trinajstić information content (AvgIpc) is 2.91. The first-order valence-corrected chi connectivity index (χ1v) is 9.45. The van der Waals surface area contributed by atoms with Gasteiger partial charge in [0, 0.05) is 10.9 Å². The number of aromatic nitrogens is 3. The smallest absolute Gasteiger partial charge is 0.266 e. The van der Waals surface area contributed by atoms with Crippen LogP contribution in [-0.2, 0) is 6.42 Å². The third-order valence-electron chi connectivity index (χ3n) is 3.81. The van der Waals surface area contributed by atoms with Crippen LogP contribution in [0.1, 0.15) is 16.8 Å². The van der Waals surface area contributed by atoms with E-state index in [1.54, 1.807) is 6.08 Å². The van der Waals surface area contributed by atoms with E-state index in [9.17, 15) is 9.59 Å². The van der Waals surface area contributed by atoms with Gasteiger partial charge in [0.15, 0.2) is 0 Å². The zero-order chi connectivity index (χ0) is 18.1. The van der Waals surface area contributed by atoms with Gasteiger partial charge in [-0.15, -0.1) is 0 Å². The lowest BCUT2D eigenvalue weighted by Crippen LogP contribution is -2.28. The van der Waals surface area contributed by atoms with Gasteiger partial charge in [-0.2, -0.15) is 14.6 Å². The Hall–Kier alpha value is -2.64. The highest BCUT2D eigenvalue weighted by atomic mass is 79.9. The molecule has 0 bridgehead atoms. The van der Waals surface area contributed by atoms with E-state index < -0.39 is 5.56 Å². The molecule has 0 aliphatic heterocycles. The van der Waals surface area contributed by atoms with Crippen molar-refractivity contribution < 1.29 is 0 Å². The van der Waals surface area contributed by atoms with Crippen molar-refractivity contribution in [3.8, 4) is 0 Å². The number of rotatable bonds is 3. The van der Waals surface area contributed by atoms with Gasteiger partial charge in [-0.25, -0.2) is 0 Å². The molecule has 0 unspecified atom stereocenters. The molecule has 4 rings (SSSR count). The Labute approximate surface area is 160 Å². The third-order valence-corrected chi connectivity index (χ3v) is 5.26. The lowest BCUT2D eigenvalue weighted by atomic mass is 10.1. The topological polar surface area (TPSA) is 64.3 Å². The largest absolute Gasteiger partial charge is 0.296 e. The van der Waals surface area contributed by atoms with Gasteiger partial charge in [-0.05, 0) is 29.3 Å². The zero-order valence-corrected chi connectivity index (χ0v) is 15.8. The van der Waals surface area contributed by atoms with Crippen molar-refractivity contribution >= 4 is 38.3 Å². The minimum absolute atomic E-state index is 0.262. The predicted octanol–water partition coefficient (Wildman–Crippen LogP) is 2.41. The van der Waals surface area contributed by atoms with Crippen LogP contribution in [0, 0.1) is 0 Å². The van der Waals surface area contributed by atoms with Crippen LogP contribution < -0.4 is 15.7 Å². The van der Waals surface area contributed by atoms with Gasteiger partial charge >= 0.3 is 0 Å². The second kappa shape index (κ2) is 6.93. The zero-order valence-electron chi connectivity index (χ0n) is 13.4. The van der Waals surface area contributed by atoms with Gasteiger partial charge in [-0.3, -0.25) is 9.59 Å². The molecule has 0 atom stereocenters. The molecule has 5 nitrogen and oxygen atoms in total. The predicted molar refractivity (Wildman–Crippen MR) is 106 cm³/mol. The van der Waals surface area contributed by atoms with E-state index in [2.05, 4.69) is 26.0 Å². The van der Waals surface area contributed by atoms with Crippen LogP contribution in [0.25, 0.3) is 11.0 Å². The normalized spacial score (nSPS) is 12.0. The van der Waals surface area contributed by atoms with Crippen LogP contribution in [-0.4, -0.2) is 14.6 Å². The number of hydrogen-bond donors (Lipinski definition) is 0. The molecule has 0 saturated carbocycles. The van der Waals surface area contributed by atoms with E-state index >= 15 is 0 Å². The first-order valence-electron chi connectivity index (χ1n) is 7.84. The fourth-order valence-electron chi connectivity index (χ4n) is 2.59. The van der Waals surface area contributed by atoms with E-state index in [4.69, 9.17) is 0 Å². The molecule has 128 valence electrons.